The molecule has 19 heavy (non-hydrogen) atoms. The highest BCUT2D eigenvalue weighted by atomic mass is 15.3. The number of hydrogen-bond acceptors (Lipinski definition) is 3. The van der Waals surface area contributed by atoms with Crippen LogP contribution in [-0.2, 0) is 0 Å². The van der Waals surface area contributed by atoms with Crippen molar-refractivity contribution in [3.05, 3.63) is 34.9 Å². The van der Waals surface area contributed by atoms with Crippen LogP contribution in [0.3, 0.4) is 0 Å². The zero-order chi connectivity index (χ0) is 14.0. The summed E-state index contributed by atoms with van der Waals surface area (Å²) in [5, 5.41) is 0. The van der Waals surface area contributed by atoms with Crippen molar-refractivity contribution in [3.8, 4) is 0 Å². The van der Waals surface area contributed by atoms with Gasteiger partial charge in [0.1, 0.15) is 0 Å². The lowest BCUT2D eigenvalue weighted by Gasteiger charge is -2.43. The smallest absolute Gasteiger partial charge is 0.0352 e. The molecule has 2 rings (SSSR count). The molecule has 1 heterocycles. The topological polar surface area (TPSA) is 32.5 Å². The van der Waals surface area contributed by atoms with Crippen LogP contribution in [0.2, 0.25) is 0 Å². The molecule has 3 nitrogen and oxygen atoms in total. The Hall–Kier alpha value is -0.900. The summed E-state index contributed by atoms with van der Waals surface area (Å²) in [6, 6.07) is 7.66. The molecule has 2 atom stereocenters. The van der Waals surface area contributed by atoms with Crippen LogP contribution in [0, 0.1) is 13.8 Å². The Kier molecular flexibility index (Phi) is 4.61. The van der Waals surface area contributed by atoms with Gasteiger partial charge < -0.3 is 10.6 Å². The molecule has 1 fully saturated rings. The van der Waals surface area contributed by atoms with E-state index in [1.807, 2.05) is 0 Å². The van der Waals surface area contributed by atoms with Gasteiger partial charge in [-0.15, -0.1) is 0 Å². The lowest BCUT2D eigenvalue weighted by molar-refractivity contribution is 0.0619. The van der Waals surface area contributed by atoms with Gasteiger partial charge in [-0.1, -0.05) is 23.8 Å². The Morgan fingerprint density at radius 1 is 1.32 bits per heavy atom. The standard InChI is InChI=1S/C16H27N3/c1-12-5-6-13(2)16(9-12)14(3)19-8-7-18(4)11-15(19)10-17/h5-6,9,14-15H,7-8,10-11,17H2,1-4H3. The van der Waals surface area contributed by atoms with Crippen molar-refractivity contribution >= 4 is 0 Å². The quantitative estimate of drug-likeness (QED) is 0.902. The van der Waals surface area contributed by atoms with Crippen molar-refractivity contribution in [2.24, 2.45) is 5.73 Å². The number of likely N-dealkylation sites (N-methyl/N-ethyl adjacent to an activating group) is 1. The first-order chi connectivity index (χ1) is 9.02. The summed E-state index contributed by atoms with van der Waals surface area (Å²) in [6.07, 6.45) is 0. The molecule has 2 N–H and O–H groups in total. The van der Waals surface area contributed by atoms with Gasteiger partial charge in [0.2, 0.25) is 0 Å². The third kappa shape index (κ3) is 3.16. The molecule has 106 valence electrons. The van der Waals surface area contributed by atoms with Gasteiger partial charge in [0.05, 0.1) is 0 Å². The number of benzene rings is 1. The Balaban J connectivity index is 2.22. The molecule has 0 aromatic heterocycles. The molecular formula is C16H27N3. The average molecular weight is 261 g/mol. The number of nitrogens with zero attached hydrogens (tertiary/aromatic N) is 2. The van der Waals surface area contributed by atoms with Crippen LogP contribution < -0.4 is 5.73 Å². The van der Waals surface area contributed by atoms with Crippen LogP contribution in [0.15, 0.2) is 18.2 Å². The fourth-order valence-electron chi connectivity index (χ4n) is 3.13. The zero-order valence-corrected chi connectivity index (χ0v) is 12.7. The summed E-state index contributed by atoms with van der Waals surface area (Å²) >= 11 is 0. The van der Waals surface area contributed by atoms with Crippen molar-refractivity contribution < 1.29 is 0 Å². The van der Waals surface area contributed by atoms with Gasteiger partial charge in [0.25, 0.3) is 0 Å². The predicted octanol–water partition coefficient (Wildman–Crippen LogP) is 1.94. The molecule has 2 unspecified atom stereocenters. The molecule has 1 aromatic rings. The molecule has 1 aliphatic rings. The van der Waals surface area contributed by atoms with E-state index in [1.165, 1.54) is 16.7 Å². The van der Waals surface area contributed by atoms with E-state index in [9.17, 15) is 0 Å². The second-order valence-corrected chi connectivity index (χ2v) is 5.93. The van der Waals surface area contributed by atoms with Crippen LogP contribution in [0.1, 0.15) is 29.7 Å². The molecule has 1 aliphatic heterocycles. The number of nitrogens with two attached hydrogens (primary N) is 1. The minimum Gasteiger partial charge on any atom is -0.329 e. The van der Waals surface area contributed by atoms with Crippen molar-refractivity contribution in [3.63, 3.8) is 0 Å². The normalized spacial score (nSPS) is 23.5. The van der Waals surface area contributed by atoms with E-state index in [-0.39, 0.29) is 0 Å². The second kappa shape index (κ2) is 6.04. The molecule has 1 aromatic carbocycles. The van der Waals surface area contributed by atoms with Crippen LogP contribution in [0.5, 0.6) is 0 Å². The summed E-state index contributed by atoms with van der Waals surface area (Å²) in [5.74, 6) is 0. The van der Waals surface area contributed by atoms with E-state index in [0.717, 1.165) is 26.2 Å². The van der Waals surface area contributed by atoms with Gasteiger partial charge in [0, 0.05) is 38.3 Å². The molecule has 0 saturated carbocycles. The fraction of sp³-hybridized carbons (Fsp3) is 0.625. The Bertz CT molecular complexity index is 430. The summed E-state index contributed by atoms with van der Waals surface area (Å²) in [7, 11) is 2.18. The third-order valence-electron chi connectivity index (χ3n) is 4.39. The maximum atomic E-state index is 5.97. The highest BCUT2D eigenvalue weighted by Gasteiger charge is 2.29. The lowest BCUT2D eigenvalue weighted by Crippen LogP contribution is -2.55. The van der Waals surface area contributed by atoms with E-state index < -0.39 is 0 Å². The first kappa shape index (κ1) is 14.5. The zero-order valence-electron chi connectivity index (χ0n) is 12.7. The van der Waals surface area contributed by atoms with Gasteiger partial charge in [-0.3, -0.25) is 4.90 Å². The lowest BCUT2D eigenvalue weighted by atomic mass is 9.97. The van der Waals surface area contributed by atoms with Crippen molar-refractivity contribution in [2.75, 3.05) is 33.2 Å². The minimum atomic E-state index is 0.446. The van der Waals surface area contributed by atoms with E-state index in [0.29, 0.717) is 12.1 Å². The van der Waals surface area contributed by atoms with Crippen molar-refractivity contribution in [1.82, 2.24) is 9.80 Å². The van der Waals surface area contributed by atoms with Gasteiger partial charge in [0.15, 0.2) is 0 Å². The summed E-state index contributed by atoms with van der Waals surface area (Å²) in [4.78, 5) is 4.95. The van der Waals surface area contributed by atoms with Crippen LogP contribution in [0.4, 0.5) is 0 Å². The first-order valence-corrected chi connectivity index (χ1v) is 7.24. The largest absolute Gasteiger partial charge is 0.329 e. The maximum absolute atomic E-state index is 5.97. The molecule has 0 amide bonds. The van der Waals surface area contributed by atoms with E-state index in [4.69, 9.17) is 5.73 Å². The first-order valence-electron chi connectivity index (χ1n) is 7.24. The van der Waals surface area contributed by atoms with Crippen LogP contribution in [0.25, 0.3) is 0 Å². The minimum absolute atomic E-state index is 0.446. The van der Waals surface area contributed by atoms with Crippen LogP contribution >= 0.6 is 0 Å². The highest BCUT2D eigenvalue weighted by Crippen LogP contribution is 2.27. The van der Waals surface area contributed by atoms with Crippen LogP contribution in [-0.4, -0.2) is 49.1 Å². The third-order valence-corrected chi connectivity index (χ3v) is 4.39. The van der Waals surface area contributed by atoms with E-state index in [1.54, 1.807) is 0 Å². The molecule has 3 heteroatoms. The molecule has 1 saturated heterocycles. The molecule has 0 radical (unpaired) electrons. The molecule has 0 aliphatic carbocycles. The number of aryl methyl sites for hydroxylation is 2. The number of rotatable bonds is 3. The summed E-state index contributed by atoms with van der Waals surface area (Å²) in [5.41, 5.74) is 10.1. The molecular weight excluding hydrogens is 234 g/mol. The van der Waals surface area contributed by atoms with Crippen molar-refractivity contribution in [2.45, 2.75) is 32.9 Å². The van der Waals surface area contributed by atoms with Gasteiger partial charge in [-0.25, -0.2) is 0 Å². The van der Waals surface area contributed by atoms with E-state index in [2.05, 4.69) is 55.8 Å². The van der Waals surface area contributed by atoms with Gasteiger partial charge in [-0.2, -0.15) is 0 Å². The highest BCUT2D eigenvalue weighted by molar-refractivity contribution is 5.33. The number of hydrogen-bond donors (Lipinski definition) is 1. The monoisotopic (exact) mass is 261 g/mol. The fourth-order valence-corrected chi connectivity index (χ4v) is 3.13. The second-order valence-electron chi connectivity index (χ2n) is 5.93. The Labute approximate surface area is 117 Å². The van der Waals surface area contributed by atoms with Gasteiger partial charge >= 0.3 is 0 Å². The molecule has 0 bridgehead atoms. The summed E-state index contributed by atoms with van der Waals surface area (Å²) < 4.78 is 0. The van der Waals surface area contributed by atoms with E-state index >= 15 is 0 Å². The number of piperazine rings is 1. The predicted molar refractivity (Wildman–Crippen MR) is 81.4 cm³/mol. The SMILES string of the molecule is Cc1ccc(C)c(C(C)N2CCN(C)CC2CN)c1. The van der Waals surface area contributed by atoms with Gasteiger partial charge in [-0.05, 0) is 38.9 Å². The Morgan fingerprint density at radius 2 is 2.05 bits per heavy atom. The van der Waals surface area contributed by atoms with Crippen molar-refractivity contribution in [1.29, 1.82) is 0 Å². The Morgan fingerprint density at radius 3 is 2.74 bits per heavy atom. The molecule has 0 spiro atoms. The maximum Gasteiger partial charge on any atom is 0.0352 e. The average Bonchev–Trinajstić information content (AvgIpc) is 2.40. The summed E-state index contributed by atoms with van der Waals surface area (Å²) in [6.45, 7) is 10.7.